The summed E-state index contributed by atoms with van der Waals surface area (Å²) in [6.07, 6.45) is -2.73. The van der Waals surface area contributed by atoms with E-state index < -0.39 is 29.4 Å². The average molecular weight is 245 g/mol. The monoisotopic (exact) mass is 245 g/mol. The Balaban J connectivity index is 3.76. The summed E-state index contributed by atoms with van der Waals surface area (Å²) in [5.74, 6) is 0.521. The molecule has 15 heavy (non-hydrogen) atoms. The molecule has 0 saturated carbocycles. The Labute approximate surface area is 91.1 Å². The summed E-state index contributed by atoms with van der Waals surface area (Å²) in [5, 5.41) is 2.84. The Morgan fingerprint density at radius 2 is 1.80 bits per heavy atom. The average Bonchev–Trinajstić information content (AvgIpc) is 1.96. The molecule has 3 atom stereocenters. The number of hydrogen-bond donors (Lipinski definition) is 1. The van der Waals surface area contributed by atoms with E-state index in [9.17, 15) is 17.4 Å². The summed E-state index contributed by atoms with van der Waals surface area (Å²) in [5.41, 5.74) is 0. The fourth-order valence-electron chi connectivity index (χ4n) is 1.32. The summed E-state index contributed by atoms with van der Waals surface area (Å²) < 4.78 is 46.7. The molecule has 0 aromatic heterocycles. The van der Waals surface area contributed by atoms with E-state index in [-0.39, 0.29) is 6.04 Å². The van der Waals surface area contributed by atoms with Crippen molar-refractivity contribution in [1.29, 1.82) is 0 Å². The highest BCUT2D eigenvalue weighted by Gasteiger charge is 2.30. The quantitative estimate of drug-likeness (QED) is 0.776. The molecular formula is C9H18F3NOS. The molecule has 0 aliphatic carbocycles. The predicted octanol–water partition coefficient (Wildman–Crippen LogP) is 2.07. The SMILES string of the molecule is CC(CCS(C)=O)NC(C)CC(F)(F)F. The molecule has 6 heteroatoms. The van der Waals surface area contributed by atoms with Crippen molar-refractivity contribution in [2.24, 2.45) is 0 Å². The second-order valence-electron chi connectivity index (χ2n) is 3.85. The Hall–Kier alpha value is -0.100. The molecule has 0 aliphatic rings. The van der Waals surface area contributed by atoms with Crippen molar-refractivity contribution in [2.45, 2.75) is 44.9 Å². The fourth-order valence-corrected chi connectivity index (χ4v) is 2.00. The van der Waals surface area contributed by atoms with E-state index in [1.807, 2.05) is 0 Å². The van der Waals surface area contributed by atoms with Crippen molar-refractivity contribution in [3.05, 3.63) is 0 Å². The molecule has 2 nitrogen and oxygen atoms in total. The Bertz CT molecular complexity index is 208. The summed E-state index contributed by atoms with van der Waals surface area (Å²) >= 11 is 0. The van der Waals surface area contributed by atoms with Crippen molar-refractivity contribution in [1.82, 2.24) is 5.32 Å². The van der Waals surface area contributed by atoms with Gasteiger partial charge in [-0.25, -0.2) is 0 Å². The van der Waals surface area contributed by atoms with E-state index in [4.69, 9.17) is 0 Å². The van der Waals surface area contributed by atoms with Crippen LogP contribution in [0.1, 0.15) is 26.7 Å². The van der Waals surface area contributed by atoms with Crippen LogP contribution in [0.25, 0.3) is 0 Å². The van der Waals surface area contributed by atoms with Gasteiger partial charge in [0.15, 0.2) is 0 Å². The fraction of sp³-hybridized carbons (Fsp3) is 1.00. The first kappa shape index (κ1) is 14.9. The summed E-state index contributed by atoms with van der Waals surface area (Å²) in [6.45, 7) is 3.31. The van der Waals surface area contributed by atoms with Crippen LogP contribution >= 0.6 is 0 Å². The van der Waals surface area contributed by atoms with Gasteiger partial charge in [0.05, 0.1) is 6.42 Å². The molecule has 0 rings (SSSR count). The maximum atomic E-state index is 12.0. The number of halogens is 3. The lowest BCUT2D eigenvalue weighted by atomic mass is 10.2. The van der Waals surface area contributed by atoms with E-state index in [0.29, 0.717) is 12.2 Å². The van der Waals surface area contributed by atoms with Gasteiger partial charge in [0.1, 0.15) is 0 Å². The molecule has 92 valence electrons. The standard InChI is InChI=1S/C9H18F3NOS/c1-7(4-5-15(3)14)13-8(2)6-9(10,11)12/h7-8,13H,4-6H2,1-3H3. The minimum Gasteiger partial charge on any atom is -0.311 e. The first-order valence-electron chi connectivity index (χ1n) is 4.83. The van der Waals surface area contributed by atoms with E-state index in [1.54, 1.807) is 13.2 Å². The van der Waals surface area contributed by atoms with E-state index in [2.05, 4.69) is 5.32 Å². The number of alkyl halides is 3. The molecule has 0 radical (unpaired) electrons. The highest BCUT2D eigenvalue weighted by Crippen LogP contribution is 2.21. The lowest BCUT2D eigenvalue weighted by Gasteiger charge is -2.20. The first-order chi connectivity index (χ1) is 6.70. The van der Waals surface area contributed by atoms with E-state index in [0.717, 1.165) is 0 Å². The molecule has 0 fully saturated rings. The van der Waals surface area contributed by atoms with Crippen molar-refractivity contribution in [3.63, 3.8) is 0 Å². The maximum absolute atomic E-state index is 12.0. The van der Waals surface area contributed by atoms with Crippen LogP contribution in [0, 0.1) is 0 Å². The predicted molar refractivity (Wildman–Crippen MR) is 56.3 cm³/mol. The second-order valence-corrected chi connectivity index (χ2v) is 5.41. The molecule has 0 spiro atoms. The van der Waals surface area contributed by atoms with Gasteiger partial charge in [0.2, 0.25) is 0 Å². The summed E-state index contributed by atoms with van der Waals surface area (Å²) in [6, 6.07) is -0.628. The highest BCUT2D eigenvalue weighted by atomic mass is 32.2. The third kappa shape index (κ3) is 10.2. The van der Waals surface area contributed by atoms with Crippen LogP contribution < -0.4 is 5.32 Å². The lowest BCUT2D eigenvalue weighted by Crippen LogP contribution is -2.38. The largest absolute Gasteiger partial charge is 0.390 e. The Morgan fingerprint density at radius 3 is 2.20 bits per heavy atom. The third-order valence-electron chi connectivity index (χ3n) is 1.94. The third-order valence-corrected chi connectivity index (χ3v) is 2.76. The lowest BCUT2D eigenvalue weighted by molar-refractivity contribution is -0.139. The van der Waals surface area contributed by atoms with Crippen LogP contribution in [0.4, 0.5) is 13.2 Å². The molecule has 0 bridgehead atoms. The number of hydrogen-bond acceptors (Lipinski definition) is 2. The van der Waals surface area contributed by atoms with Gasteiger partial charge in [-0.15, -0.1) is 0 Å². The van der Waals surface area contributed by atoms with Crippen molar-refractivity contribution in [2.75, 3.05) is 12.0 Å². The molecular weight excluding hydrogens is 227 g/mol. The zero-order valence-corrected chi connectivity index (χ0v) is 10.0. The molecule has 0 heterocycles. The smallest absolute Gasteiger partial charge is 0.311 e. The number of nitrogens with one attached hydrogen (secondary N) is 1. The molecule has 0 amide bonds. The van der Waals surface area contributed by atoms with Crippen LogP contribution in [0.5, 0.6) is 0 Å². The van der Waals surface area contributed by atoms with Gasteiger partial charge >= 0.3 is 6.18 Å². The van der Waals surface area contributed by atoms with Crippen LogP contribution in [0.3, 0.4) is 0 Å². The minimum atomic E-state index is -4.13. The zero-order valence-electron chi connectivity index (χ0n) is 9.23. The molecule has 0 aromatic carbocycles. The zero-order chi connectivity index (χ0) is 12.1. The Morgan fingerprint density at radius 1 is 1.27 bits per heavy atom. The van der Waals surface area contributed by atoms with Crippen LogP contribution in [-0.2, 0) is 10.8 Å². The number of rotatable bonds is 6. The van der Waals surface area contributed by atoms with Gasteiger partial charge in [0.25, 0.3) is 0 Å². The second kappa shape index (κ2) is 6.48. The normalized spacial score (nSPS) is 18.5. The molecule has 1 N–H and O–H groups in total. The van der Waals surface area contributed by atoms with Crippen molar-refractivity contribution >= 4 is 10.8 Å². The molecule has 3 unspecified atom stereocenters. The van der Waals surface area contributed by atoms with Crippen molar-refractivity contribution < 1.29 is 17.4 Å². The van der Waals surface area contributed by atoms with Gasteiger partial charge in [-0.1, -0.05) is 0 Å². The van der Waals surface area contributed by atoms with Crippen molar-refractivity contribution in [3.8, 4) is 0 Å². The Kier molecular flexibility index (Phi) is 6.43. The van der Waals surface area contributed by atoms with E-state index in [1.165, 1.54) is 6.92 Å². The molecule has 0 aromatic rings. The van der Waals surface area contributed by atoms with Crippen LogP contribution in [0.2, 0.25) is 0 Å². The van der Waals surface area contributed by atoms with Crippen LogP contribution in [-0.4, -0.2) is 34.5 Å². The van der Waals surface area contributed by atoms with E-state index >= 15 is 0 Å². The first-order valence-corrected chi connectivity index (χ1v) is 6.56. The van der Waals surface area contributed by atoms with Gasteiger partial charge in [-0.3, -0.25) is 4.21 Å². The highest BCUT2D eigenvalue weighted by molar-refractivity contribution is 7.84. The summed E-state index contributed by atoms with van der Waals surface area (Å²) in [4.78, 5) is 0. The van der Waals surface area contributed by atoms with Crippen LogP contribution in [0.15, 0.2) is 0 Å². The maximum Gasteiger partial charge on any atom is 0.390 e. The van der Waals surface area contributed by atoms with Gasteiger partial charge in [-0.05, 0) is 20.3 Å². The molecule has 0 saturated heterocycles. The van der Waals surface area contributed by atoms with Gasteiger partial charge < -0.3 is 5.32 Å². The van der Waals surface area contributed by atoms with Gasteiger partial charge in [0, 0.05) is 34.9 Å². The topological polar surface area (TPSA) is 29.1 Å². The van der Waals surface area contributed by atoms with Gasteiger partial charge in [-0.2, -0.15) is 13.2 Å². The molecule has 0 aliphatic heterocycles. The minimum absolute atomic E-state index is 0.0359. The summed E-state index contributed by atoms with van der Waals surface area (Å²) in [7, 11) is -0.882.